The molecule has 1 N–H and O–H groups in total. The van der Waals surface area contributed by atoms with Crippen LogP contribution in [0.25, 0.3) is 0 Å². The van der Waals surface area contributed by atoms with Gasteiger partial charge in [0.2, 0.25) is 0 Å². The summed E-state index contributed by atoms with van der Waals surface area (Å²) >= 11 is 0. The minimum atomic E-state index is 0.360. The maximum Gasteiger partial charge on any atom is 0.119 e. The van der Waals surface area contributed by atoms with Crippen LogP contribution in [-0.4, -0.2) is 14.7 Å². The number of rotatable bonds is 2. The van der Waals surface area contributed by atoms with Crippen molar-refractivity contribution in [1.29, 1.82) is 0 Å². The molecule has 3 rings (SSSR count). The van der Waals surface area contributed by atoms with Gasteiger partial charge in [-0.15, -0.1) is 0 Å². The fourth-order valence-electron chi connectivity index (χ4n) is 2.65. The zero-order valence-electron chi connectivity index (χ0n) is 10.6. The fourth-order valence-corrected chi connectivity index (χ4v) is 2.65. The van der Waals surface area contributed by atoms with Crippen LogP contribution in [0.1, 0.15) is 30.4 Å². The molecule has 0 fully saturated rings. The van der Waals surface area contributed by atoms with Gasteiger partial charge in [0.05, 0.1) is 0 Å². The summed E-state index contributed by atoms with van der Waals surface area (Å²) in [5, 5.41) is 9.83. The van der Waals surface area contributed by atoms with E-state index in [0.717, 1.165) is 30.3 Å². The number of hydrogen-bond donors (Lipinski definition) is 1. The van der Waals surface area contributed by atoms with Crippen LogP contribution in [0, 0.1) is 5.92 Å². The van der Waals surface area contributed by atoms with Gasteiger partial charge in [-0.25, -0.2) is 4.98 Å². The Labute approximate surface area is 107 Å². The van der Waals surface area contributed by atoms with Gasteiger partial charge in [0.1, 0.15) is 11.6 Å². The van der Waals surface area contributed by atoms with Crippen LogP contribution in [0.3, 0.4) is 0 Å². The van der Waals surface area contributed by atoms with Crippen molar-refractivity contribution >= 4 is 0 Å². The minimum absolute atomic E-state index is 0.360. The van der Waals surface area contributed by atoms with Crippen molar-refractivity contribution in [3.63, 3.8) is 0 Å². The average molecular weight is 242 g/mol. The van der Waals surface area contributed by atoms with Crippen LogP contribution in [0.15, 0.2) is 30.5 Å². The van der Waals surface area contributed by atoms with Gasteiger partial charge in [-0.1, -0.05) is 25.1 Å². The van der Waals surface area contributed by atoms with Gasteiger partial charge in [0, 0.05) is 30.4 Å². The summed E-state index contributed by atoms with van der Waals surface area (Å²) in [5.41, 5.74) is 2.28. The summed E-state index contributed by atoms with van der Waals surface area (Å²) in [6.07, 6.45) is 5.07. The number of fused-ring (bicyclic) bond motifs is 1. The predicted octanol–water partition coefficient (Wildman–Crippen LogP) is 2.76. The Kier molecular flexibility index (Phi) is 2.82. The standard InChI is InChI=1S/C15H18N2O/c1-11-6-7-13-9-16-15(17(13)10-11)8-12-4-2-3-5-14(12)18/h2-5,9,11,18H,6-8,10H2,1H3. The Balaban J connectivity index is 1.90. The van der Waals surface area contributed by atoms with E-state index in [1.807, 2.05) is 24.4 Å². The maximum atomic E-state index is 9.83. The Hall–Kier alpha value is -1.77. The van der Waals surface area contributed by atoms with Crippen LogP contribution in [0.2, 0.25) is 0 Å². The third-order valence-corrected chi connectivity index (χ3v) is 3.75. The van der Waals surface area contributed by atoms with E-state index in [1.54, 1.807) is 6.07 Å². The molecule has 1 atom stereocenters. The highest BCUT2D eigenvalue weighted by atomic mass is 16.3. The number of para-hydroxylation sites is 1. The van der Waals surface area contributed by atoms with E-state index in [4.69, 9.17) is 0 Å². The van der Waals surface area contributed by atoms with Crippen molar-refractivity contribution in [3.8, 4) is 5.75 Å². The molecule has 1 aromatic carbocycles. The molecule has 1 aromatic heterocycles. The lowest BCUT2D eigenvalue weighted by Gasteiger charge is -2.22. The van der Waals surface area contributed by atoms with Gasteiger partial charge in [-0.2, -0.15) is 0 Å². The summed E-state index contributed by atoms with van der Waals surface area (Å²) in [4.78, 5) is 4.52. The molecule has 2 heterocycles. The van der Waals surface area contributed by atoms with Gasteiger partial charge < -0.3 is 9.67 Å². The molecule has 1 aliphatic heterocycles. The van der Waals surface area contributed by atoms with Gasteiger partial charge in [-0.3, -0.25) is 0 Å². The number of imidazole rings is 1. The molecule has 2 aromatic rings. The number of aromatic hydroxyl groups is 1. The summed E-state index contributed by atoms with van der Waals surface area (Å²) in [5.74, 6) is 2.14. The molecule has 3 heteroatoms. The molecule has 0 spiro atoms. The number of phenolic OH excluding ortho intramolecular Hbond substituents is 1. The number of phenols is 1. The molecule has 94 valence electrons. The molecule has 3 nitrogen and oxygen atoms in total. The first-order chi connectivity index (χ1) is 8.74. The second-order valence-electron chi connectivity index (χ2n) is 5.23. The van der Waals surface area contributed by atoms with Crippen LogP contribution in [-0.2, 0) is 19.4 Å². The van der Waals surface area contributed by atoms with Crippen molar-refractivity contribution in [2.24, 2.45) is 5.92 Å². The van der Waals surface area contributed by atoms with Crippen molar-refractivity contribution in [3.05, 3.63) is 47.5 Å². The quantitative estimate of drug-likeness (QED) is 0.879. The van der Waals surface area contributed by atoms with E-state index in [1.165, 1.54) is 12.1 Å². The lowest BCUT2D eigenvalue weighted by atomic mass is 10.00. The SMILES string of the molecule is CC1CCc2cnc(Cc3ccccc3O)n2C1. The Morgan fingerprint density at radius 1 is 1.39 bits per heavy atom. The highest BCUT2D eigenvalue weighted by Crippen LogP contribution is 2.24. The molecule has 0 saturated carbocycles. The maximum absolute atomic E-state index is 9.83. The van der Waals surface area contributed by atoms with Crippen molar-refractivity contribution in [1.82, 2.24) is 9.55 Å². The minimum Gasteiger partial charge on any atom is -0.508 e. The molecule has 1 unspecified atom stereocenters. The molecule has 1 aliphatic rings. The van der Waals surface area contributed by atoms with Crippen LogP contribution in [0.4, 0.5) is 0 Å². The number of aromatic nitrogens is 2. The molecular formula is C15H18N2O. The molecular weight excluding hydrogens is 224 g/mol. The Morgan fingerprint density at radius 2 is 2.22 bits per heavy atom. The summed E-state index contributed by atoms with van der Waals surface area (Å²) < 4.78 is 2.32. The van der Waals surface area contributed by atoms with Gasteiger partial charge >= 0.3 is 0 Å². The Morgan fingerprint density at radius 3 is 3.06 bits per heavy atom. The first kappa shape index (κ1) is 11.3. The first-order valence-corrected chi connectivity index (χ1v) is 6.54. The van der Waals surface area contributed by atoms with E-state index in [0.29, 0.717) is 12.2 Å². The van der Waals surface area contributed by atoms with Crippen LogP contribution >= 0.6 is 0 Å². The highest BCUT2D eigenvalue weighted by molar-refractivity contribution is 5.34. The molecule has 0 bridgehead atoms. The third-order valence-electron chi connectivity index (χ3n) is 3.75. The van der Waals surface area contributed by atoms with Gasteiger partial charge in [0.25, 0.3) is 0 Å². The monoisotopic (exact) mass is 242 g/mol. The van der Waals surface area contributed by atoms with E-state index in [9.17, 15) is 5.11 Å². The molecule has 0 radical (unpaired) electrons. The lowest BCUT2D eigenvalue weighted by molar-refractivity contribution is 0.391. The van der Waals surface area contributed by atoms with E-state index >= 15 is 0 Å². The number of nitrogens with zero attached hydrogens (tertiary/aromatic N) is 2. The van der Waals surface area contributed by atoms with E-state index < -0.39 is 0 Å². The number of hydrogen-bond acceptors (Lipinski definition) is 2. The number of benzene rings is 1. The number of aryl methyl sites for hydroxylation is 1. The average Bonchev–Trinajstić information content (AvgIpc) is 2.75. The predicted molar refractivity (Wildman–Crippen MR) is 70.6 cm³/mol. The zero-order chi connectivity index (χ0) is 12.5. The summed E-state index contributed by atoms with van der Waals surface area (Å²) in [6.45, 7) is 3.34. The molecule has 18 heavy (non-hydrogen) atoms. The van der Waals surface area contributed by atoms with Crippen LogP contribution < -0.4 is 0 Å². The summed E-state index contributed by atoms with van der Waals surface area (Å²) in [7, 11) is 0. The first-order valence-electron chi connectivity index (χ1n) is 6.54. The smallest absolute Gasteiger partial charge is 0.119 e. The topological polar surface area (TPSA) is 38.1 Å². The van der Waals surface area contributed by atoms with Gasteiger partial charge in [-0.05, 0) is 24.8 Å². The van der Waals surface area contributed by atoms with Gasteiger partial charge in [0.15, 0.2) is 0 Å². The van der Waals surface area contributed by atoms with E-state index in [-0.39, 0.29) is 0 Å². The van der Waals surface area contributed by atoms with Crippen LogP contribution in [0.5, 0.6) is 5.75 Å². The largest absolute Gasteiger partial charge is 0.508 e. The zero-order valence-corrected chi connectivity index (χ0v) is 10.6. The summed E-state index contributed by atoms with van der Waals surface area (Å²) in [6, 6.07) is 7.50. The van der Waals surface area contributed by atoms with Crippen molar-refractivity contribution < 1.29 is 5.11 Å². The second kappa shape index (κ2) is 4.48. The third kappa shape index (κ3) is 2.01. The Bertz CT molecular complexity index is 559. The fraction of sp³-hybridized carbons (Fsp3) is 0.400. The second-order valence-corrected chi connectivity index (χ2v) is 5.23. The van der Waals surface area contributed by atoms with E-state index in [2.05, 4.69) is 16.5 Å². The molecule has 0 saturated heterocycles. The van der Waals surface area contributed by atoms with Crippen molar-refractivity contribution in [2.45, 2.75) is 32.7 Å². The van der Waals surface area contributed by atoms with Crippen molar-refractivity contribution in [2.75, 3.05) is 0 Å². The highest BCUT2D eigenvalue weighted by Gasteiger charge is 2.18. The molecule has 0 aliphatic carbocycles. The molecule has 0 amide bonds. The normalized spacial score (nSPS) is 18.6. The lowest BCUT2D eigenvalue weighted by Crippen LogP contribution is -2.19.